The lowest BCUT2D eigenvalue weighted by Crippen LogP contribution is -2.04. The Bertz CT molecular complexity index is 323. The lowest BCUT2D eigenvalue weighted by atomic mass is 10.2. The fourth-order valence-electron chi connectivity index (χ4n) is 0.896. The number of thiol groups is 1. The Morgan fingerprint density at radius 1 is 1.62 bits per heavy atom. The van der Waals surface area contributed by atoms with Gasteiger partial charge in [-0.1, -0.05) is 0 Å². The van der Waals surface area contributed by atoms with Crippen molar-refractivity contribution in [1.29, 1.82) is 0 Å². The highest BCUT2D eigenvalue weighted by atomic mass is 32.1. The molecule has 0 saturated carbocycles. The lowest BCUT2D eigenvalue weighted by molar-refractivity contribution is 0.0523. The maximum absolute atomic E-state index is 11.2. The normalized spacial score (nSPS) is 9.69. The molecule has 0 unspecified atom stereocenters. The van der Waals surface area contributed by atoms with Gasteiger partial charge in [0.25, 0.3) is 0 Å². The van der Waals surface area contributed by atoms with Crippen molar-refractivity contribution in [3.8, 4) is 5.75 Å². The molecule has 70 valence electrons. The van der Waals surface area contributed by atoms with Crippen LogP contribution in [0.1, 0.15) is 17.3 Å². The van der Waals surface area contributed by atoms with Crippen LogP contribution >= 0.6 is 12.6 Å². The van der Waals surface area contributed by atoms with E-state index in [2.05, 4.69) is 12.6 Å². The SMILES string of the molecule is CCOC(=O)c1cc(S)ccc1O. The zero-order chi connectivity index (χ0) is 9.84. The average molecular weight is 198 g/mol. The summed E-state index contributed by atoms with van der Waals surface area (Å²) in [6.07, 6.45) is 0. The number of ether oxygens (including phenoxy) is 1. The van der Waals surface area contributed by atoms with Gasteiger partial charge in [0.1, 0.15) is 11.3 Å². The molecule has 0 radical (unpaired) electrons. The van der Waals surface area contributed by atoms with Gasteiger partial charge in [0.15, 0.2) is 0 Å². The third-order valence-corrected chi connectivity index (χ3v) is 1.75. The minimum Gasteiger partial charge on any atom is -0.507 e. The largest absolute Gasteiger partial charge is 0.507 e. The molecule has 0 aliphatic carbocycles. The maximum atomic E-state index is 11.2. The van der Waals surface area contributed by atoms with Crippen molar-refractivity contribution in [3.05, 3.63) is 23.8 Å². The molecule has 0 amide bonds. The summed E-state index contributed by atoms with van der Waals surface area (Å²) in [7, 11) is 0. The third-order valence-electron chi connectivity index (χ3n) is 1.48. The fourth-order valence-corrected chi connectivity index (χ4v) is 1.10. The second-order valence-corrected chi connectivity index (χ2v) is 2.94. The first-order chi connectivity index (χ1) is 6.15. The van der Waals surface area contributed by atoms with E-state index in [4.69, 9.17) is 4.74 Å². The standard InChI is InChI=1S/C9H10O3S/c1-2-12-9(11)7-5-6(13)3-4-8(7)10/h3-5,10,13H,2H2,1H3. The number of benzene rings is 1. The summed E-state index contributed by atoms with van der Waals surface area (Å²) in [5.41, 5.74) is 0.148. The Hall–Kier alpha value is -1.16. The monoisotopic (exact) mass is 198 g/mol. The molecule has 4 heteroatoms. The molecule has 1 N–H and O–H groups in total. The van der Waals surface area contributed by atoms with E-state index in [-0.39, 0.29) is 17.9 Å². The second kappa shape index (κ2) is 4.18. The molecular formula is C9H10O3S. The zero-order valence-electron chi connectivity index (χ0n) is 7.15. The molecular weight excluding hydrogens is 188 g/mol. The smallest absolute Gasteiger partial charge is 0.341 e. The van der Waals surface area contributed by atoms with Gasteiger partial charge in [-0.2, -0.15) is 0 Å². The van der Waals surface area contributed by atoms with Gasteiger partial charge in [-0.15, -0.1) is 12.6 Å². The lowest BCUT2D eigenvalue weighted by Gasteiger charge is -2.04. The van der Waals surface area contributed by atoms with E-state index in [0.717, 1.165) is 0 Å². The Labute approximate surface area is 81.8 Å². The summed E-state index contributed by atoms with van der Waals surface area (Å²) in [6.45, 7) is 1.99. The minimum absolute atomic E-state index is 0.0868. The van der Waals surface area contributed by atoms with Crippen LogP contribution in [0.5, 0.6) is 5.75 Å². The van der Waals surface area contributed by atoms with Crippen LogP contribution in [0, 0.1) is 0 Å². The molecule has 0 saturated heterocycles. The number of phenols is 1. The van der Waals surface area contributed by atoms with Crippen LogP contribution in [0.15, 0.2) is 23.1 Å². The van der Waals surface area contributed by atoms with E-state index in [1.165, 1.54) is 12.1 Å². The summed E-state index contributed by atoms with van der Waals surface area (Å²) in [5, 5.41) is 9.30. The van der Waals surface area contributed by atoms with Gasteiger partial charge in [-0.05, 0) is 25.1 Å². The van der Waals surface area contributed by atoms with Crippen LogP contribution in [-0.2, 0) is 4.74 Å². The quantitative estimate of drug-likeness (QED) is 0.563. The second-order valence-electron chi connectivity index (χ2n) is 2.42. The molecule has 0 aromatic heterocycles. The average Bonchev–Trinajstić information content (AvgIpc) is 2.09. The van der Waals surface area contributed by atoms with E-state index in [9.17, 15) is 9.90 Å². The van der Waals surface area contributed by atoms with Crippen molar-refractivity contribution in [1.82, 2.24) is 0 Å². The highest BCUT2D eigenvalue weighted by Crippen LogP contribution is 2.21. The molecule has 0 bridgehead atoms. The van der Waals surface area contributed by atoms with Gasteiger partial charge in [0, 0.05) is 4.90 Å². The van der Waals surface area contributed by atoms with Crippen LogP contribution in [0.25, 0.3) is 0 Å². The maximum Gasteiger partial charge on any atom is 0.341 e. The predicted octanol–water partition coefficient (Wildman–Crippen LogP) is 1.86. The van der Waals surface area contributed by atoms with Crippen LogP contribution in [0.4, 0.5) is 0 Å². The Morgan fingerprint density at radius 2 is 2.31 bits per heavy atom. The fraction of sp³-hybridized carbons (Fsp3) is 0.222. The summed E-state index contributed by atoms with van der Waals surface area (Å²) >= 11 is 4.05. The first-order valence-corrected chi connectivity index (χ1v) is 4.29. The molecule has 0 atom stereocenters. The summed E-state index contributed by atoms with van der Waals surface area (Å²) < 4.78 is 4.73. The highest BCUT2D eigenvalue weighted by Gasteiger charge is 2.11. The van der Waals surface area contributed by atoms with Gasteiger partial charge in [-0.3, -0.25) is 0 Å². The van der Waals surface area contributed by atoms with Crippen LogP contribution in [-0.4, -0.2) is 17.7 Å². The number of hydrogen-bond acceptors (Lipinski definition) is 4. The number of aromatic hydroxyl groups is 1. The van der Waals surface area contributed by atoms with Crippen molar-refractivity contribution in [3.63, 3.8) is 0 Å². The summed E-state index contributed by atoms with van der Waals surface area (Å²) in [6, 6.07) is 4.48. The van der Waals surface area contributed by atoms with Crippen LogP contribution in [0.2, 0.25) is 0 Å². The van der Waals surface area contributed by atoms with Crippen molar-refractivity contribution in [2.75, 3.05) is 6.61 Å². The summed E-state index contributed by atoms with van der Waals surface area (Å²) in [5.74, 6) is -0.618. The molecule has 0 heterocycles. The first-order valence-electron chi connectivity index (χ1n) is 3.84. The van der Waals surface area contributed by atoms with Crippen molar-refractivity contribution >= 4 is 18.6 Å². The molecule has 1 rings (SSSR count). The molecule has 1 aromatic rings. The number of carbonyl (C=O) groups is 1. The Balaban J connectivity index is 2.99. The van der Waals surface area contributed by atoms with Crippen molar-refractivity contribution in [2.24, 2.45) is 0 Å². The van der Waals surface area contributed by atoms with E-state index >= 15 is 0 Å². The molecule has 0 spiro atoms. The number of esters is 1. The molecule has 1 aromatic carbocycles. The Kier molecular flexibility index (Phi) is 3.19. The van der Waals surface area contributed by atoms with E-state index in [0.29, 0.717) is 4.90 Å². The minimum atomic E-state index is -0.532. The van der Waals surface area contributed by atoms with Gasteiger partial charge in [0.2, 0.25) is 0 Å². The van der Waals surface area contributed by atoms with E-state index in [1.54, 1.807) is 13.0 Å². The van der Waals surface area contributed by atoms with Crippen molar-refractivity contribution < 1.29 is 14.6 Å². The number of phenolic OH excluding ortho intramolecular Hbond substituents is 1. The number of carbonyl (C=O) groups excluding carboxylic acids is 1. The Morgan fingerprint density at radius 3 is 2.92 bits per heavy atom. The zero-order valence-corrected chi connectivity index (χ0v) is 8.04. The van der Waals surface area contributed by atoms with Gasteiger partial charge in [-0.25, -0.2) is 4.79 Å². The first kappa shape index (κ1) is 9.92. The molecule has 0 aliphatic rings. The molecule has 0 aliphatic heterocycles. The molecule has 13 heavy (non-hydrogen) atoms. The van der Waals surface area contributed by atoms with Gasteiger partial charge >= 0.3 is 5.97 Å². The third kappa shape index (κ3) is 2.39. The van der Waals surface area contributed by atoms with Gasteiger partial charge in [0.05, 0.1) is 6.61 Å². The molecule has 3 nitrogen and oxygen atoms in total. The topological polar surface area (TPSA) is 46.5 Å². The number of rotatable bonds is 2. The van der Waals surface area contributed by atoms with Crippen LogP contribution < -0.4 is 0 Å². The van der Waals surface area contributed by atoms with E-state index in [1.807, 2.05) is 0 Å². The number of hydrogen-bond donors (Lipinski definition) is 2. The van der Waals surface area contributed by atoms with Crippen molar-refractivity contribution in [2.45, 2.75) is 11.8 Å². The van der Waals surface area contributed by atoms with Gasteiger partial charge < -0.3 is 9.84 Å². The van der Waals surface area contributed by atoms with E-state index < -0.39 is 5.97 Å². The highest BCUT2D eigenvalue weighted by molar-refractivity contribution is 7.80. The predicted molar refractivity (Wildman–Crippen MR) is 51.3 cm³/mol. The summed E-state index contributed by atoms with van der Waals surface area (Å²) in [4.78, 5) is 11.8. The molecule has 0 fully saturated rings. The van der Waals surface area contributed by atoms with Crippen LogP contribution in [0.3, 0.4) is 0 Å².